The summed E-state index contributed by atoms with van der Waals surface area (Å²) in [5.41, 5.74) is 0.767. The van der Waals surface area contributed by atoms with Crippen molar-refractivity contribution in [3.8, 4) is 5.75 Å². The molecular weight excluding hydrogens is 520 g/mol. The molecule has 4 aromatic rings. The molecule has 1 N–H and O–H groups in total. The van der Waals surface area contributed by atoms with E-state index in [2.05, 4.69) is 42.2 Å². The van der Waals surface area contributed by atoms with Crippen LogP contribution >= 0.6 is 23.1 Å². The van der Waals surface area contributed by atoms with Crippen LogP contribution in [-0.4, -0.2) is 66.8 Å². The van der Waals surface area contributed by atoms with Crippen molar-refractivity contribution < 1.29 is 13.2 Å². The molecule has 1 saturated heterocycles. The third kappa shape index (κ3) is 5.15. The molecule has 2 aromatic carbocycles. The molecule has 3 heterocycles. The fourth-order valence-corrected chi connectivity index (χ4v) is 6.92. The van der Waals surface area contributed by atoms with Gasteiger partial charge in [0.25, 0.3) is 10.0 Å². The van der Waals surface area contributed by atoms with Crippen molar-refractivity contribution in [2.24, 2.45) is 7.05 Å². The Morgan fingerprint density at radius 3 is 2.50 bits per heavy atom. The Morgan fingerprint density at radius 2 is 1.81 bits per heavy atom. The molecule has 9 nitrogen and oxygen atoms in total. The molecule has 0 saturated carbocycles. The van der Waals surface area contributed by atoms with E-state index in [9.17, 15) is 8.42 Å². The summed E-state index contributed by atoms with van der Waals surface area (Å²) in [6.45, 7) is 6.75. The zero-order valence-electron chi connectivity index (χ0n) is 20.0. The largest absolute Gasteiger partial charge is 0.492 e. The second-order valence-electron chi connectivity index (χ2n) is 8.64. The maximum atomic E-state index is 12.8. The van der Waals surface area contributed by atoms with E-state index in [1.54, 1.807) is 49.8 Å². The number of benzene rings is 2. The Bertz CT molecular complexity index is 1460. The Kier molecular flexibility index (Phi) is 7.07. The highest BCUT2D eigenvalue weighted by molar-refractivity contribution is 7.92. The molecule has 0 amide bonds. The maximum Gasteiger partial charge on any atom is 0.266 e. The summed E-state index contributed by atoms with van der Waals surface area (Å²) in [4.78, 5) is 4.72. The van der Waals surface area contributed by atoms with Crippen LogP contribution in [0.2, 0.25) is 5.15 Å². The first-order chi connectivity index (χ1) is 17.3. The van der Waals surface area contributed by atoms with Gasteiger partial charge >= 0.3 is 0 Å². The monoisotopic (exact) mass is 546 g/mol. The lowest BCUT2D eigenvalue weighted by molar-refractivity contribution is 0.200. The number of aromatic nitrogens is 3. The number of ether oxygens (including phenoxy) is 1. The third-order valence-corrected chi connectivity index (χ3v) is 9.08. The molecule has 36 heavy (non-hydrogen) atoms. The second kappa shape index (κ2) is 10.3. The Morgan fingerprint density at radius 1 is 1.08 bits per heavy atom. The molecule has 1 aliphatic heterocycles. The smallest absolute Gasteiger partial charge is 0.266 e. The van der Waals surface area contributed by atoms with Crippen molar-refractivity contribution in [3.63, 3.8) is 0 Å². The highest BCUT2D eigenvalue weighted by atomic mass is 35.5. The van der Waals surface area contributed by atoms with E-state index in [0.29, 0.717) is 23.7 Å². The van der Waals surface area contributed by atoms with Crippen molar-refractivity contribution >= 4 is 54.7 Å². The lowest BCUT2D eigenvalue weighted by Crippen LogP contribution is -2.47. The van der Waals surface area contributed by atoms with Crippen LogP contribution in [0.15, 0.2) is 53.4 Å². The van der Waals surface area contributed by atoms with E-state index in [4.69, 9.17) is 16.3 Å². The number of halogens is 1. The molecular formula is C24H27ClN6O3S2. The number of piperazine rings is 1. The number of nitrogens with one attached hydrogen (secondary N) is 1. The van der Waals surface area contributed by atoms with Crippen LogP contribution in [0.3, 0.4) is 0 Å². The Hall–Kier alpha value is -2.86. The molecule has 12 heteroatoms. The summed E-state index contributed by atoms with van der Waals surface area (Å²) in [6.07, 6.45) is 0. The van der Waals surface area contributed by atoms with Gasteiger partial charge in [0.15, 0.2) is 0 Å². The van der Waals surface area contributed by atoms with Gasteiger partial charge < -0.3 is 9.64 Å². The number of anilines is 2. The summed E-state index contributed by atoms with van der Waals surface area (Å²) in [5, 5.41) is 5.37. The molecule has 5 rings (SSSR count). The van der Waals surface area contributed by atoms with E-state index in [1.807, 2.05) is 6.07 Å². The minimum absolute atomic E-state index is 0.0185. The van der Waals surface area contributed by atoms with Gasteiger partial charge in [-0.3, -0.25) is 14.3 Å². The predicted octanol–water partition coefficient (Wildman–Crippen LogP) is 3.99. The number of rotatable bonds is 8. The number of hydrogen-bond donors (Lipinski definition) is 1. The summed E-state index contributed by atoms with van der Waals surface area (Å²) in [7, 11) is -2.25. The van der Waals surface area contributed by atoms with Crippen LogP contribution in [0.25, 0.3) is 10.1 Å². The maximum absolute atomic E-state index is 12.8. The average molecular weight is 547 g/mol. The number of fused-ring (bicyclic) bond motifs is 1. The van der Waals surface area contributed by atoms with E-state index >= 15 is 0 Å². The number of nitrogens with zero attached hydrogens (tertiary/aromatic N) is 5. The van der Waals surface area contributed by atoms with Crippen molar-refractivity contribution in [2.75, 3.05) is 49.0 Å². The van der Waals surface area contributed by atoms with Crippen LogP contribution in [0, 0.1) is 6.92 Å². The topological polar surface area (TPSA) is 92.6 Å². The first-order valence-corrected chi connectivity index (χ1v) is 14.2. The lowest BCUT2D eigenvalue weighted by Gasteiger charge is -2.34. The summed E-state index contributed by atoms with van der Waals surface area (Å²) in [5.74, 6) is 1.77. The first-order valence-electron chi connectivity index (χ1n) is 11.6. The molecule has 0 bridgehead atoms. The third-order valence-electron chi connectivity index (χ3n) is 6.18. The number of sulfonamides is 1. The quantitative estimate of drug-likeness (QED) is 0.357. The first kappa shape index (κ1) is 24.8. The van der Waals surface area contributed by atoms with Crippen LogP contribution in [0.1, 0.15) is 5.69 Å². The molecule has 0 spiro atoms. The van der Waals surface area contributed by atoms with Gasteiger partial charge in [0.1, 0.15) is 28.2 Å². The van der Waals surface area contributed by atoms with Gasteiger partial charge in [-0.15, -0.1) is 0 Å². The van der Waals surface area contributed by atoms with E-state index < -0.39 is 10.0 Å². The molecule has 0 aliphatic carbocycles. The van der Waals surface area contributed by atoms with Crippen molar-refractivity contribution in [1.29, 1.82) is 0 Å². The van der Waals surface area contributed by atoms with Crippen LogP contribution < -0.4 is 14.4 Å². The minimum Gasteiger partial charge on any atom is -0.492 e. The fraction of sp³-hybridized carbons (Fsp3) is 0.333. The van der Waals surface area contributed by atoms with Gasteiger partial charge in [-0.2, -0.15) is 9.47 Å². The highest BCUT2D eigenvalue weighted by Gasteiger charge is 2.25. The van der Waals surface area contributed by atoms with Gasteiger partial charge in [-0.05, 0) is 54.9 Å². The van der Waals surface area contributed by atoms with Gasteiger partial charge in [-0.1, -0.05) is 23.7 Å². The Labute approximate surface area is 219 Å². The molecule has 2 aromatic heterocycles. The summed E-state index contributed by atoms with van der Waals surface area (Å²) < 4.78 is 41.2. The average Bonchev–Trinajstić information content (AvgIpc) is 3.40. The summed E-state index contributed by atoms with van der Waals surface area (Å²) >= 11 is 7.67. The van der Waals surface area contributed by atoms with Gasteiger partial charge in [0.2, 0.25) is 0 Å². The number of hydrogen-bond acceptors (Lipinski definition) is 8. The van der Waals surface area contributed by atoms with E-state index in [0.717, 1.165) is 38.5 Å². The predicted molar refractivity (Wildman–Crippen MR) is 144 cm³/mol. The molecule has 1 fully saturated rings. The minimum atomic E-state index is -3.85. The second-order valence-corrected chi connectivity index (χ2v) is 11.4. The molecule has 0 radical (unpaired) electrons. The van der Waals surface area contributed by atoms with E-state index in [-0.39, 0.29) is 10.0 Å². The van der Waals surface area contributed by atoms with Crippen LogP contribution in [0.5, 0.6) is 5.75 Å². The standard InChI is InChI=1S/C24H27ClN6O3S2/c1-17-22(23(25)29(2)26-17)36(32,33)28-18-7-9-19(10-8-18)34-16-15-30-11-13-31(14-12-30)24-20-5-3-4-6-21(20)35-27-24/h3-10,28H,11-16H2,1-2H3. The van der Waals surface area contributed by atoms with Crippen molar-refractivity contribution in [1.82, 2.24) is 19.1 Å². The highest BCUT2D eigenvalue weighted by Crippen LogP contribution is 2.30. The molecule has 0 unspecified atom stereocenters. The van der Waals surface area contributed by atoms with E-state index in [1.165, 1.54) is 14.8 Å². The summed E-state index contributed by atoms with van der Waals surface area (Å²) in [6, 6.07) is 15.2. The lowest BCUT2D eigenvalue weighted by atomic mass is 10.2. The zero-order valence-corrected chi connectivity index (χ0v) is 22.4. The van der Waals surface area contributed by atoms with Crippen molar-refractivity contribution in [3.05, 3.63) is 59.4 Å². The van der Waals surface area contributed by atoms with Crippen LogP contribution in [0.4, 0.5) is 11.5 Å². The fourth-order valence-electron chi connectivity index (χ4n) is 4.32. The van der Waals surface area contributed by atoms with Crippen molar-refractivity contribution in [2.45, 2.75) is 11.8 Å². The molecule has 0 atom stereocenters. The van der Waals surface area contributed by atoms with Gasteiger partial charge in [0, 0.05) is 50.8 Å². The number of aryl methyl sites for hydroxylation is 2. The zero-order chi connectivity index (χ0) is 25.3. The molecule has 190 valence electrons. The molecule has 1 aliphatic rings. The van der Waals surface area contributed by atoms with Crippen LogP contribution in [-0.2, 0) is 17.1 Å². The van der Waals surface area contributed by atoms with Gasteiger partial charge in [-0.25, -0.2) is 8.42 Å². The SMILES string of the molecule is Cc1nn(C)c(Cl)c1S(=O)(=O)Nc1ccc(OCCN2CCN(c3nsc4ccccc34)CC2)cc1. The Balaban J connectivity index is 1.10. The van der Waals surface area contributed by atoms with Gasteiger partial charge in [0.05, 0.1) is 10.4 Å². The normalized spacial score (nSPS) is 14.9.